The van der Waals surface area contributed by atoms with Crippen LogP contribution in [0.1, 0.15) is 24.3 Å². The standard InChI is InChI=1S/C11H11BrO/c12-11-3-1-9(2-4-11)10-5-8(6-10)7-13/h1-4,7-8,10H,5-6H2/t8-,10-. The van der Waals surface area contributed by atoms with Gasteiger partial charge in [-0.3, -0.25) is 0 Å². The highest BCUT2D eigenvalue weighted by Gasteiger charge is 2.29. The Labute approximate surface area is 86.3 Å². The first-order valence-electron chi connectivity index (χ1n) is 4.50. The maximum atomic E-state index is 10.4. The molecule has 0 amide bonds. The van der Waals surface area contributed by atoms with E-state index in [1.54, 1.807) is 0 Å². The van der Waals surface area contributed by atoms with E-state index in [1.165, 1.54) is 5.56 Å². The van der Waals surface area contributed by atoms with Crippen molar-refractivity contribution in [3.63, 3.8) is 0 Å². The van der Waals surface area contributed by atoms with Gasteiger partial charge in [0, 0.05) is 10.4 Å². The lowest BCUT2D eigenvalue weighted by Crippen LogP contribution is -2.22. The SMILES string of the molecule is O=C[C@H]1C[C@H](c2ccc(Br)cc2)C1. The summed E-state index contributed by atoms with van der Waals surface area (Å²) < 4.78 is 1.11. The molecule has 0 unspecified atom stereocenters. The molecule has 2 rings (SSSR count). The Balaban J connectivity index is 2.03. The maximum absolute atomic E-state index is 10.4. The van der Waals surface area contributed by atoms with Crippen molar-refractivity contribution in [3.8, 4) is 0 Å². The number of hydrogen-bond donors (Lipinski definition) is 0. The summed E-state index contributed by atoms with van der Waals surface area (Å²) in [6, 6.07) is 8.39. The van der Waals surface area contributed by atoms with Gasteiger partial charge in [-0.25, -0.2) is 0 Å². The molecule has 1 aliphatic rings. The highest BCUT2D eigenvalue weighted by atomic mass is 79.9. The van der Waals surface area contributed by atoms with Crippen LogP contribution < -0.4 is 0 Å². The Hall–Kier alpha value is -0.630. The van der Waals surface area contributed by atoms with Gasteiger partial charge in [0.2, 0.25) is 0 Å². The molecule has 1 nitrogen and oxygen atoms in total. The Morgan fingerprint density at radius 3 is 2.38 bits per heavy atom. The molecule has 0 aromatic heterocycles. The van der Waals surface area contributed by atoms with Crippen LogP contribution in [0.15, 0.2) is 28.7 Å². The van der Waals surface area contributed by atoms with Crippen molar-refractivity contribution in [2.45, 2.75) is 18.8 Å². The molecule has 0 N–H and O–H groups in total. The molecule has 0 spiro atoms. The largest absolute Gasteiger partial charge is 0.303 e. The lowest BCUT2D eigenvalue weighted by atomic mass is 9.72. The highest BCUT2D eigenvalue weighted by molar-refractivity contribution is 9.10. The van der Waals surface area contributed by atoms with Gasteiger partial charge in [0.05, 0.1) is 0 Å². The van der Waals surface area contributed by atoms with Crippen molar-refractivity contribution in [2.24, 2.45) is 5.92 Å². The molecule has 0 heterocycles. The predicted octanol–water partition coefficient (Wildman–Crippen LogP) is 3.14. The first-order valence-corrected chi connectivity index (χ1v) is 5.29. The van der Waals surface area contributed by atoms with Gasteiger partial charge in [-0.1, -0.05) is 28.1 Å². The summed E-state index contributed by atoms with van der Waals surface area (Å²) in [5.74, 6) is 0.928. The van der Waals surface area contributed by atoms with Crippen molar-refractivity contribution >= 4 is 22.2 Å². The third-order valence-electron chi connectivity index (χ3n) is 2.71. The van der Waals surface area contributed by atoms with Crippen molar-refractivity contribution < 1.29 is 4.79 Å². The summed E-state index contributed by atoms with van der Waals surface area (Å²) in [4.78, 5) is 10.4. The fourth-order valence-electron chi connectivity index (χ4n) is 1.78. The molecular formula is C11H11BrO. The highest BCUT2D eigenvalue weighted by Crippen LogP contribution is 2.40. The van der Waals surface area contributed by atoms with Gasteiger partial charge >= 0.3 is 0 Å². The Kier molecular flexibility index (Phi) is 2.49. The van der Waals surface area contributed by atoms with E-state index in [1.807, 2.05) is 0 Å². The number of carbonyl (C=O) groups is 1. The number of benzene rings is 1. The molecule has 1 aliphatic carbocycles. The lowest BCUT2D eigenvalue weighted by Gasteiger charge is -2.31. The number of aldehydes is 1. The average molecular weight is 239 g/mol. The van der Waals surface area contributed by atoms with Crippen LogP contribution >= 0.6 is 15.9 Å². The number of rotatable bonds is 2. The van der Waals surface area contributed by atoms with E-state index in [-0.39, 0.29) is 0 Å². The van der Waals surface area contributed by atoms with Crippen LogP contribution in [0.5, 0.6) is 0 Å². The Morgan fingerprint density at radius 2 is 1.85 bits per heavy atom. The van der Waals surface area contributed by atoms with Gasteiger partial charge in [0.15, 0.2) is 0 Å². The van der Waals surface area contributed by atoms with Crippen molar-refractivity contribution in [3.05, 3.63) is 34.3 Å². The van der Waals surface area contributed by atoms with Crippen molar-refractivity contribution in [1.29, 1.82) is 0 Å². The van der Waals surface area contributed by atoms with Crippen LogP contribution in [-0.4, -0.2) is 6.29 Å². The summed E-state index contributed by atoms with van der Waals surface area (Å²) in [6.45, 7) is 0. The first-order chi connectivity index (χ1) is 6.29. The second kappa shape index (κ2) is 3.62. The van der Waals surface area contributed by atoms with Crippen molar-refractivity contribution in [2.75, 3.05) is 0 Å². The minimum absolute atomic E-state index is 0.314. The molecule has 13 heavy (non-hydrogen) atoms. The number of carbonyl (C=O) groups excluding carboxylic acids is 1. The van der Waals surface area contributed by atoms with E-state index < -0.39 is 0 Å². The molecule has 0 bridgehead atoms. The minimum Gasteiger partial charge on any atom is -0.303 e. The molecule has 0 radical (unpaired) electrons. The number of hydrogen-bond acceptors (Lipinski definition) is 1. The van der Waals surface area contributed by atoms with Gasteiger partial charge < -0.3 is 4.79 Å². The third-order valence-corrected chi connectivity index (χ3v) is 3.24. The predicted molar refractivity (Wildman–Crippen MR) is 55.7 cm³/mol. The third kappa shape index (κ3) is 1.83. The van der Waals surface area contributed by atoms with Crippen LogP contribution in [0.25, 0.3) is 0 Å². The van der Waals surface area contributed by atoms with E-state index in [0.29, 0.717) is 11.8 Å². The zero-order chi connectivity index (χ0) is 9.26. The quantitative estimate of drug-likeness (QED) is 0.724. The molecular weight excluding hydrogens is 228 g/mol. The molecule has 0 aliphatic heterocycles. The Bertz CT molecular complexity index is 298. The molecule has 68 valence electrons. The molecule has 1 fully saturated rings. The van der Waals surface area contributed by atoms with Gasteiger partial charge in [0.1, 0.15) is 6.29 Å². The first kappa shape index (κ1) is 8.95. The fraction of sp³-hybridized carbons (Fsp3) is 0.364. The van der Waals surface area contributed by atoms with Crippen molar-refractivity contribution in [1.82, 2.24) is 0 Å². The van der Waals surface area contributed by atoms with Crippen LogP contribution in [0.3, 0.4) is 0 Å². The molecule has 1 aromatic carbocycles. The normalized spacial score (nSPS) is 26.5. The van der Waals surface area contributed by atoms with E-state index in [4.69, 9.17) is 0 Å². The molecule has 1 aromatic rings. The Morgan fingerprint density at radius 1 is 1.23 bits per heavy atom. The smallest absolute Gasteiger partial charge is 0.123 e. The lowest BCUT2D eigenvalue weighted by molar-refractivity contribution is -0.113. The minimum atomic E-state index is 0.314. The zero-order valence-electron chi connectivity index (χ0n) is 7.24. The van der Waals surface area contributed by atoms with Crippen LogP contribution in [0.2, 0.25) is 0 Å². The number of halogens is 1. The summed E-state index contributed by atoms with van der Waals surface area (Å²) in [5, 5.41) is 0. The molecule has 0 atom stereocenters. The summed E-state index contributed by atoms with van der Waals surface area (Å²) in [6.07, 6.45) is 3.14. The van der Waals surface area contributed by atoms with E-state index in [2.05, 4.69) is 40.2 Å². The topological polar surface area (TPSA) is 17.1 Å². The monoisotopic (exact) mass is 238 g/mol. The summed E-state index contributed by atoms with van der Waals surface area (Å²) >= 11 is 3.40. The maximum Gasteiger partial charge on any atom is 0.123 e. The van der Waals surface area contributed by atoms with Gasteiger partial charge in [-0.2, -0.15) is 0 Å². The molecule has 1 saturated carbocycles. The van der Waals surface area contributed by atoms with Gasteiger partial charge in [-0.15, -0.1) is 0 Å². The molecule has 0 saturated heterocycles. The van der Waals surface area contributed by atoms with Gasteiger partial charge in [-0.05, 0) is 36.5 Å². The second-order valence-electron chi connectivity index (χ2n) is 3.62. The summed E-state index contributed by atoms with van der Waals surface area (Å²) in [5.41, 5.74) is 1.36. The zero-order valence-corrected chi connectivity index (χ0v) is 8.83. The van der Waals surface area contributed by atoms with Crippen LogP contribution in [-0.2, 0) is 4.79 Å². The fourth-order valence-corrected chi connectivity index (χ4v) is 2.04. The second-order valence-corrected chi connectivity index (χ2v) is 4.53. The van der Waals surface area contributed by atoms with Crippen LogP contribution in [0.4, 0.5) is 0 Å². The van der Waals surface area contributed by atoms with E-state index in [9.17, 15) is 4.79 Å². The van der Waals surface area contributed by atoms with E-state index >= 15 is 0 Å². The van der Waals surface area contributed by atoms with Crippen LogP contribution in [0, 0.1) is 5.92 Å². The average Bonchev–Trinajstić information content (AvgIpc) is 2.06. The molecule has 2 heteroatoms. The summed E-state index contributed by atoms with van der Waals surface area (Å²) in [7, 11) is 0. The van der Waals surface area contributed by atoms with E-state index in [0.717, 1.165) is 23.6 Å². The van der Waals surface area contributed by atoms with Gasteiger partial charge in [0.25, 0.3) is 0 Å².